The van der Waals surface area contributed by atoms with E-state index in [2.05, 4.69) is 52.2 Å². The Hall–Kier alpha value is -0.530. The predicted molar refractivity (Wildman–Crippen MR) is 182 cm³/mol. The standard InChI is InChI=1S/C39H74N.ClH/c1-5-7-9-11-13-15-17-18-19-20-21-22-23-25-27-29-31-38-32-34-39(35-33-38)37-40(3,4)36-30-28-26-24-16-14-12-10-8-6-2;/h32-35H,5-31,36-37H2,1-4H3;1H/q+1;/p-1. The van der Waals surface area contributed by atoms with Gasteiger partial charge in [0, 0.05) is 5.56 Å². The fourth-order valence-corrected chi connectivity index (χ4v) is 6.29. The summed E-state index contributed by atoms with van der Waals surface area (Å²) in [6.45, 7) is 7.08. The second-order valence-corrected chi connectivity index (χ2v) is 13.9. The van der Waals surface area contributed by atoms with Crippen molar-refractivity contribution in [2.75, 3.05) is 20.6 Å². The molecule has 0 heterocycles. The van der Waals surface area contributed by atoms with Gasteiger partial charge in [-0.2, -0.15) is 0 Å². The molecule has 1 aromatic carbocycles. The van der Waals surface area contributed by atoms with E-state index < -0.39 is 0 Å². The maximum Gasteiger partial charge on any atom is 0.104 e. The van der Waals surface area contributed by atoms with Crippen LogP contribution in [0.1, 0.15) is 192 Å². The number of quaternary nitrogens is 1. The molecule has 0 N–H and O–H groups in total. The van der Waals surface area contributed by atoms with Crippen LogP contribution in [-0.2, 0) is 13.0 Å². The van der Waals surface area contributed by atoms with E-state index >= 15 is 0 Å². The zero-order valence-corrected chi connectivity index (χ0v) is 29.4. The monoisotopic (exact) mass is 592 g/mol. The third-order valence-corrected chi connectivity index (χ3v) is 9.07. The Morgan fingerprint density at radius 3 is 1.05 bits per heavy atom. The van der Waals surface area contributed by atoms with Gasteiger partial charge in [-0.25, -0.2) is 0 Å². The predicted octanol–water partition coefficient (Wildman–Crippen LogP) is 9.99. The minimum atomic E-state index is 0. The highest BCUT2D eigenvalue weighted by molar-refractivity contribution is 5.22. The zero-order valence-electron chi connectivity index (χ0n) is 28.6. The molecule has 2 heteroatoms. The molecule has 41 heavy (non-hydrogen) atoms. The summed E-state index contributed by atoms with van der Waals surface area (Å²) in [5.41, 5.74) is 3.04. The highest BCUT2D eigenvalue weighted by Crippen LogP contribution is 2.17. The molecule has 0 aliphatic heterocycles. The summed E-state index contributed by atoms with van der Waals surface area (Å²) in [4.78, 5) is 0. The molecule has 1 aromatic rings. The molecular weight excluding hydrogens is 518 g/mol. The molecule has 0 unspecified atom stereocenters. The number of hydrogen-bond acceptors (Lipinski definition) is 0. The Morgan fingerprint density at radius 2 is 0.683 bits per heavy atom. The summed E-state index contributed by atoms with van der Waals surface area (Å²) >= 11 is 0. The van der Waals surface area contributed by atoms with Gasteiger partial charge >= 0.3 is 0 Å². The Labute approximate surface area is 266 Å². The molecule has 0 aliphatic carbocycles. The Bertz CT molecular complexity index is 637. The molecule has 0 amide bonds. The van der Waals surface area contributed by atoms with Crippen LogP contribution < -0.4 is 12.4 Å². The van der Waals surface area contributed by atoms with Gasteiger partial charge in [0.15, 0.2) is 0 Å². The summed E-state index contributed by atoms with van der Waals surface area (Å²) in [5.74, 6) is 0. The first-order chi connectivity index (χ1) is 19.6. The Balaban J connectivity index is 0.0000160. The normalized spacial score (nSPS) is 11.6. The molecule has 0 spiro atoms. The highest BCUT2D eigenvalue weighted by atomic mass is 35.5. The maximum atomic E-state index is 2.41. The molecule has 0 atom stereocenters. The van der Waals surface area contributed by atoms with Gasteiger partial charge in [-0.1, -0.05) is 186 Å². The van der Waals surface area contributed by atoms with E-state index in [-0.39, 0.29) is 12.4 Å². The van der Waals surface area contributed by atoms with Crippen molar-refractivity contribution < 1.29 is 16.9 Å². The molecule has 0 aromatic heterocycles. The first kappa shape index (κ1) is 40.5. The van der Waals surface area contributed by atoms with Crippen molar-refractivity contribution >= 4 is 0 Å². The quantitative estimate of drug-likeness (QED) is 0.0616. The van der Waals surface area contributed by atoms with Crippen LogP contribution in [0.15, 0.2) is 24.3 Å². The molecular formula is C39H74ClN. The van der Waals surface area contributed by atoms with E-state index in [9.17, 15) is 0 Å². The van der Waals surface area contributed by atoms with Crippen LogP contribution in [0.25, 0.3) is 0 Å². The second kappa shape index (κ2) is 29.5. The molecule has 0 aliphatic rings. The summed E-state index contributed by atoms with van der Waals surface area (Å²) < 4.78 is 1.12. The minimum Gasteiger partial charge on any atom is -1.00 e. The van der Waals surface area contributed by atoms with E-state index in [4.69, 9.17) is 0 Å². The molecule has 0 fully saturated rings. The smallest absolute Gasteiger partial charge is 0.104 e. The highest BCUT2D eigenvalue weighted by Gasteiger charge is 2.15. The fourth-order valence-electron chi connectivity index (χ4n) is 6.29. The molecule has 1 nitrogen and oxygen atoms in total. The van der Waals surface area contributed by atoms with Gasteiger partial charge in [0.05, 0.1) is 20.6 Å². The van der Waals surface area contributed by atoms with Crippen LogP contribution in [0.4, 0.5) is 0 Å². The largest absolute Gasteiger partial charge is 1.00 e. The van der Waals surface area contributed by atoms with Gasteiger partial charge in [-0.15, -0.1) is 0 Å². The van der Waals surface area contributed by atoms with Gasteiger partial charge in [0.1, 0.15) is 6.54 Å². The van der Waals surface area contributed by atoms with Crippen molar-refractivity contribution in [1.29, 1.82) is 0 Å². The third kappa shape index (κ3) is 26.8. The van der Waals surface area contributed by atoms with Crippen molar-refractivity contribution in [2.24, 2.45) is 0 Å². The van der Waals surface area contributed by atoms with Crippen LogP contribution >= 0.6 is 0 Å². The summed E-state index contributed by atoms with van der Waals surface area (Å²) in [6, 6.07) is 9.61. The number of benzene rings is 1. The van der Waals surface area contributed by atoms with E-state index in [1.54, 1.807) is 0 Å². The fraction of sp³-hybridized carbons (Fsp3) is 0.846. The SMILES string of the molecule is CCCCCCCCCCCCCCCCCCc1ccc(C[N+](C)(C)CCCCCCCCCCCC)cc1.[Cl-]. The third-order valence-electron chi connectivity index (χ3n) is 9.07. The first-order valence-corrected chi connectivity index (χ1v) is 18.5. The van der Waals surface area contributed by atoms with Gasteiger partial charge < -0.3 is 16.9 Å². The lowest BCUT2D eigenvalue weighted by Crippen LogP contribution is -3.00. The average Bonchev–Trinajstić information content (AvgIpc) is 2.94. The molecule has 242 valence electrons. The van der Waals surface area contributed by atoms with Crippen molar-refractivity contribution in [3.05, 3.63) is 35.4 Å². The maximum absolute atomic E-state index is 2.41. The summed E-state index contributed by atoms with van der Waals surface area (Å²) in [5, 5.41) is 0. The number of halogens is 1. The number of rotatable bonds is 30. The molecule has 0 saturated carbocycles. The van der Waals surface area contributed by atoms with Gasteiger partial charge in [0.2, 0.25) is 0 Å². The Morgan fingerprint density at radius 1 is 0.390 bits per heavy atom. The number of unbranched alkanes of at least 4 members (excludes halogenated alkanes) is 24. The van der Waals surface area contributed by atoms with Crippen LogP contribution in [0.2, 0.25) is 0 Å². The van der Waals surface area contributed by atoms with Crippen molar-refractivity contribution in [3.63, 3.8) is 0 Å². The van der Waals surface area contributed by atoms with Gasteiger partial charge in [0.25, 0.3) is 0 Å². The summed E-state index contributed by atoms with van der Waals surface area (Å²) in [7, 11) is 4.83. The first-order valence-electron chi connectivity index (χ1n) is 18.5. The topological polar surface area (TPSA) is 0 Å². The molecule has 0 saturated heterocycles. The lowest BCUT2D eigenvalue weighted by molar-refractivity contribution is -0.903. The van der Waals surface area contributed by atoms with E-state index in [1.165, 1.54) is 191 Å². The number of nitrogens with zero attached hydrogens (tertiary/aromatic N) is 1. The van der Waals surface area contributed by atoms with Crippen LogP contribution in [0.3, 0.4) is 0 Å². The number of aryl methyl sites for hydroxylation is 1. The number of hydrogen-bond donors (Lipinski definition) is 0. The zero-order chi connectivity index (χ0) is 29.0. The lowest BCUT2D eigenvalue weighted by atomic mass is 10.0. The van der Waals surface area contributed by atoms with Gasteiger partial charge in [-0.3, -0.25) is 0 Å². The van der Waals surface area contributed by atoms with E-state index in [1.807, 2.05) is 0 Å². The second-order valence-electron chi connectivity index (χ2n) is 13.9. The van der Waals surface area contributed by atoms with Crippen LogP contribution in [0, 0.1) is 0 Å². The van der Waals surface area contributed by atoms with E-state index in [0.29, 0.717) is 0 Å². The van der Waals surface area contributed by atoms with Crippen molar-refractivity contribution in [2.45, 2.75) is 194 Å². The molecule has 1 rings (SSSR count). The van der Waals surface area contributed by atoms with Crippen LogP contribution in [0.5, 0.6) is 0 Å². The van der Waals surface area contributed by atoms with Gasteiger partial charge in [-0.05, 0) is 31.2 Å². The van der Waals surface area contributed by atoms with Crippen molar-refractivity contribution in [1.82, 2.24) is 0 Å². The molecule has 0 bridgehead atoms. The van der Waals surface area contributed by atoms with Crippen molar-refractivity contribution in [3.8, 4) is 0 Å². The summed E-state index contributed by atoms with van der Waals surface area (Å²) in [6.07, 6.45) is 38.7. The van der Waals surface area contributed by atoms with E-state index in [0.717, 1.165) is 11.0 Å². The van der Waals surface area contributed by atoms with Crippen LogP contribution in [-0.4, -0.2) is 25.1 Å². The molecule has 0 radical (unpaired) electrons. The average molecular weight is 592 g/mol. The lowest BCUT2D eigenvalue weighted by Gasteiger charge is -2.30. The minimum absolute atomic E-state index is 0. The Kier molecular flexibility index (Phi) is 29.2.